The van der Waals surface area contributed by atoms with Crippen molar-refractivity contribution in [3.8, 4) is 0 Å². The van der Waals surface area contributed by atoms with Crippen LogP contribution in [0.4, 0.5) is 0 Å². The van der Waals surface area contributed by atoms with Gasteiger partial charge in [-0.3, -0.25) is 9.59 Å². The molecule has 0 fully saturated rings. The van der Waals surface area contributed by atoms with Crippen LogP contribution in [0.2, 0.25) is 0 Å². The van der Waals surface area contributed by atoms with Gasteiger partial charge in [0.15, 0.2) is 0 Å². The summed E-state index contributed by atoms with van der Waals surface area (Å²) in [6, 6.07) is 8.10. The molecule has 1 heterocycles. The van der Waals surface area contributed by atoms with Gasteiger partial charge in [0.25, 0.3) is 0 Å². The third-order valence-electron chi connectivity index (χ3n) is 3.68. The molecule has 1 amide bonds. The lowest BCUT2D eigenvalue weighted by atomic mass is 10.2. The normalized spacial score (nSPS) is 10.8. The van der Waals surface area contributed by atoms with Crippen molar-refractivity contribution in [2.75, 3.05) is 13.6 Å². The number of unbranched alkanes of at least 4 members (excludes halogenated alkanes) is 1. The molecule has 0 aliphatic rings. The fourth-order valence-electron chi connectivity index (χ4n) is 2.36. The number of amides is 1. The molecule has 0 aliphatic carbocycles. The molecule has 0 bridgehead atoms. The number of carboxylic acid groups (broad SMARTS) is 1. The summed E-state index contributed by atoms with van der Waals surface area (Å²) in [7, 11) is 1.73. The first-order valence-corrected chi connectivity index (χ1v) is 8.68. The van der Waals surface area contributed by atoms with Gasteiger partial charge in [0.2, 0.25) is 5.91 Å². The summed E-state index contributed by atoms with van der Waals surface area (Å²) in [4.78, 5) is 28.6. The van der Waals surface area contributed by atoms with E-state index in [9.17, 15) is 9.59 Å². The zero-order valence-corrected chi connectivity index (χ0v) is 14.1. The van der Waals surface area contributed by atoms with Crippen LogP contribution in [0, 0.1) is 0 Å². The third-order valence-corrected chi connectivity index (χ3v) is 4.78. The monoisotopic (exact) mass is 334 g/mol. The van der Waals surface area contributed by atoms with Crippen molar-refractivity contribution >= 4 is 33.4 Å². The van der Waals surface area contributed by atoms with Crippen molar-refractivity contribution in [3.05, 3.63) is 29.3 Å². The molecule has 2 aromatic rings. The van der Waals surface area contributed by atoms with Crippen molar-refractivity contribution in [1.29, 1.82) is 0 Å². The summed E-state index contributed by atoms with van der Waals surface area (Å²) in [5.41, 5.74) is 1.04. The van der Waals surface area contributed by atoms with Crippen molar-refractivity contribution in [2.45, 2.75) is 38.5 Å². The Bertz CT molecular complexity index is 636. The van der Waals surface area contributed by atoms with Gasteiger partial charge in [-0.25, -0.2) is 4.98 Å². The lowest BCUT2D eigenvalue weighted by molar-refractivity contribution is -0.138. The number of benzene rings is 1. The van der Waals surface area contributed by atoms with Crippen LogP contribution in [0.15, 0.2) is 24.3 Å². The number of rotatable bonds is 9. The van der Waals surface area contributed by atoms with Crippen LogP contribution in [0.3, 0.4) is 0 Å². The van der Waals surface area contributed by atoms with E-state index >= 15 is 0 Å². The van der Waals surface area contributed by atoms with Crippen LogP contribution in [-0.2, 0) is 16.0 Å². The Morgan fingerprint density at radius 3 is 2.70 bits per heavy atom. The quantitative estimate of drug-likeness (QED) is 0.714. The molecule has 1 aromatic carbocycles. The number of hydrogen-bond acceptors (Lipinski definition) is 4. The Hall–Kier alpha value is -1.95. The summed E-state index contributed by atoms with van der Waals surface area (Å²) in [5, 5.41) is 9.71. The van der Waals surface area contributed by atoms with Crippen LogP contribution < -0.4 is 0 Å². The van der Waals surface area contributed by atoms with Crippen molar-refractivity contribution in [3.63, 3.8) is 0 Å². The maximum absolute atomic E-state index is 11.9. The van der Waals surface area contributed by atoms with E-state index in [4.69, 9.17) is 5.11 Å². The number of para-hydroxylation sites is 1. The van der Waals surface area contributed by atoms with Crippen LogP contribution in [0.1, 0.15) is 37.1 Å². The third kappa shape index (κ3) is 5.63. The van der Waals surface area contributed by atoms with E-state index < -0.39 is 5.97 Å². The zero-order chi connectivity index (χ0) is 16.7. The molecular formula is C17H22N2O3S. The Balaban J connectivity index is 1.66. The highest BCUT2D eigenvalue weighted by atomic mass is 32.1. The maximum atomic E-state index is 11.9. The highest BCUT2D eigenvalue weighted by Crippen LogP contribution is 2.22. The first-order chi connectivity index (χ1) is 11.1. The molecule has 0 aliphatic heterocycles. The van der Waals surface area contributed by atoms with Crippen LogP contribution in [0.25, 0.3) is 10.2 Å². The lowest BCUT2D eigenvalue weighted by Gasteiger charge is -2.16. The van der Waals surface area contributed by atoms with Gasteiger partial charge in [-0.1, -0.05) is 12.1 Å². The summed E-state index contributed by atoms with van der Waals surface area (Å²) < 4.78 is 1.21. The molecule has 1 aromatic heterocycles. The lowest BCUT2D eigenvalue weighted by Crippen LogP contribution is -2.27. The van der Waals surface area contributed by atoms with E-state index in [2.05, 4.69) is 11.1 Å². The average molecular weight is 334 g/mol. The molecule has 0 saturated heterocycles. The van der Waals surface area contributed by atoms with E-state index in [1.54, 1.807) is 23.3 Å². The van der Waals surface area contributed by atoms with E-state index in [0.717, 1.165) is 29.8 Å². The van der Waals surface area contributed by atoms with Gasteiger partial charge in [-0.05, 0) is 37.8 Å². The summed E-state index contributed by atoms with van der Waals surface area (Å²) >= 11 is 1.71. The van der Waals surface area contributed by atoms with Gasteiger partial charge < -0.3 is 10.0 Å². The van der Waals surface area contributed by atoms with E-state index in [1.807, 2.05) is 18.2 Å². The number of aromatic nitrogens is 1. The first-order valence-electron chi connectivity index (χ1n) is 7.86. The fourth-order valence-corrected chi connectivity index (χ4v) is 3.37. The van der Waals surface area contributed by atoms with Crippen molar-refractivity contribution < 1.29 is 14.7 Å². The highest BCUT2D eigenvalue weighted by Gasteiger charge is 2.09. The van der Waals surface area contributed by atoms with Gasteiger partial charge >= 0.3 is 5.97 Å². The standard InChI is InChI=1S/C17H22N2O3S/c1-19(12-6-11-17(21)22)16(20)10-5-4-9-15-18-13-7-2-3-8-14(13)23-15/h2-3,7-8H,4-6,9-12H2,1H3,(H,21,22). The van der Waals surface area contributed by atoms with E-state index in [0.29, 0.717) is 19.4 Å². The average Bonchev–Trinajstić information content (AvgIpc) is 2.93. The molecular weight excluding hydrogens is 312 g/mol. The predicted octanol–water partition coefficient (Wildman–Crippen LogP) is 3.33. The van der Waals surface area contributed by atoms with Gasteiger partial charge in [0.1, 0.15) is 0 Å². The Kier molecular flexibility index (Phi) is 6.52. The summed E-state index contributed by atoms with van der Waals surface area (Å²) in [5.74, 6) is -0.735. The Morgan fingerprint density at radius 1 is 1.17 bits per heavy atom. The summed E-state index contributed by atoms with van der Waals surface area (Å²) in [6.45, 7) is 0.503. The molecule has 6 heteroatoms. The zero-order valence-electron chi connectivity index (χ0n) is 13.3. The van der Waals surface area contributed by atoms with Crippen LogP contribution >= 0.6 is 11.3 Å². The van der Waals surface area contributed by atoms with Gasteiger partial charge in [0, 0.05) is 26.4 Å². The minimum Gasteiger partial charge on any atom is -0.481 e. The number of aryl methyl sites for hydroxylation is 1. The topological polar surface area (TPSA) is 70.5 Å². The SMILES string of the molecule is CN(CCCC(=O)O)C(=O)CCCCc1nc2ccccc2s1. The smallest absolute Gasteiger partial charge is 0.303 e. The van der Waals surface area contributed by atoms with Crippen LogP contribution in [-0.4, -0.2) is 40.5 Å². The highest BCUT2D eigenvalue weighted by molar-refractivity contribution is 7.18. The van der Waals surface area contributed by atoms with Gasteiger partial charge in [-0.15, -0.1) is 11.3 Å². The second-order valence-corrected chi connectivity index (χ2v) is 6.71. The first kappa shape index (κ1) is 17.4. The number of fused-ring (bicyclic) bond motifs is 1. The number of carboxylic acids is 1. The minimum absolute atomic E-state index is 0.0830. The molecule has 124 valence electrons. The van der Waals surface area contributed by atoms with Crippen molar-refractivity contribution in [2.24, 2.45) is 0 Å². The van der Waals surface area contributed by atoms with Gasteiger partial charge in [-0.2, -0.15) is 0 Å². The Morgan fingerprint density at radius 2 is 1.96 bits per heavy atom. The molecule has 0 unspecified atom stereocenters. The number of carbonyl (C=O) groups is 2. The van der Waals surface area contributed by atoms with Gasteiger partial charge in [0.05, 0.1) is 15.2 Å². The molecule has 23 heavy (non-hydrogen) atoms. The minimum atomic E-state index is -0.818. The predicted molar refractivity (Wildman–Crippen MR) is 91.7 cm³/mol. The molecule has 0 atom stereocenters. The number of thiazole rings is 1. The second-order valence-electron chi connectivity index (χ2n) is 5.60. The molecule has 2 rings (SSSR count). The largest absolute Gasteiger partial charge is 0.481 e. The summed E-state index contributed by atoms with van der Waals surface area (Å²) in [6.07, 6.45) is 3.79. The molecule has 0 radical (unpaired) electrons. The molecule has 5 nitrogen and oxygen atoms in total. The Labute approximate surface area is 139 Å². The number of hydrogen-bond donors (Lipinski definition) is 1. The van der Waals surface area contributed by atoms with Crippen LogP contribution in [0.5, 0.6) is 0 Å². The van der Waals surface area contributed by atoms with E-state index in [1.165, 1.54) is 4.70 Å². The maximum Gasteiger partial charge on any atom is 0.303 e. The van der Waals surface area contributed by atoms with E-state index in [-0.39, 0.29) is 12.3 Å². The second kappa shape index (κ2) is 8.62. The number of nitrogens with zero attached hydrogens (tertiary/aromatic N) is 2. The van der Waals surface area contributed by atoms with Crippen molar-refractivity contribution in [1.82, 2.24) is 9.88 Å². The number of carbonyl (C=O) groups excluding carboxylic acids is 1. The molecule has 0 spiro atoms. The number of aliphatic carboxylic acids is 1. The fraction of sp³-hybridized carbons (Fsp3) is 0.471. The molecule has 0 saturated carbocycles. The molecule has 1 N–H and O–H groups in total.